The zero-order valence-corrected chi connectivity index (χ0v) is 36.9. The molecule has 1 aromatic heterocycles. The molecule has 2 aliphatic heterocycles. The van der Waals surface area contributed by atoms with Crippen molar-refractivity contribution < 1.29 is 29.1 Å². The number of hydrogen-bond donors (Lipinski definition) is 5. The molecule has 5 rings (SSSR count). The Morgan fingerprint density at radius 1 is 0.900 bits per heavy atom. The molecule has 0 saturated carbocycles. The van der Waals surface area contributed by atoms with Gasteiger partial charge in [-0.1, -0.05) is 64.8 Å². The van der Waals surface area contributed by atoms with Gasteiger partial charge >= 0.3 is 0 Å². The van der Waals surface area contributed by atoms with E-state index in [4.69, 9.17) is 0 Å². The third-order valence-electron chi connectivity index (χ3n) is 11.3. The minimum atomic E-state index is -0.886. The van der Waals surface area contributed by atoms with Crippen LogP contribution in [-0.4, -0.2) is 107 Å². The Balaban J connectivity index is 1.01. The first-order valence-corrected chi connectivity index (χ1v) is 22.3. The van der Waals surface area contributed by atoms with Crippen LogP contribution in [0.25, 0.3) is 10.4 Å². The molecule has 2 saturated heterocycles. The molecule has 0 unspecified atom stereocenters. The molecular weight excluding hydrogens is 781 g/mol. The minimum Gasteiger partial charge on any atom is -0.391 e. The van der Waals surface area contributed by atoms with Gasteiger partial charge in [0.1, 0.15) is 12.1 Å². The normalized spacial score (nSPS) is 17.9. The molecule has 60 heavy (non-hydrogen) atoms. The number of amides is 5. The maximum Gasteiger partial charge on any atom is 0.265 e. The monoisotopic (exact) mass is 844 g/mol. The third kappa shape index (κ3) is 12.6. The van der Waals surface area contributed by atoms with E-state index in [0.29, 0.717) is 38.0 Å². The largest absolute Gasteiger partial charge is 0.391 e. The summed E-state index contributed by atoms with van der Waals surface area (Å²) in [5, 5.41) is 16.6. The Hall–Kier alpha value is -4.86. The number of carbonyl (C=O) groups excluding carboxylic acids is 5. The number of piperazine rings is 1. The van der Waals surface area contributed by atoms with Crippen molar-refractivity contribution in [3.63, 3.8) is 0 Å². The molecule has 2 fully saturated rings. The molecular formula is C45H64N8O6S. The Morgan fingerprint density at radius 3 is 2.18 bits per heavy atom. The van der Waals surface area contributed by atoms with Gasteiger partial charge in [0, 0.05) is 69.8 Å². The van der Waals surface area contributed by atoms with Crippen molar-refractivity contribution in [2.45, 2.75) is 117 Å². The van der Waals surface area contributed by atoms with Gasteiger partial charge in [-0.05, 0) is 73.9 Å². The lowest BCUT2D eigenvalue weighted by molar-refractivity contribution is -0.144. The van der Waals surface area contributed by atoms with Crippen LogP contribution >= 0.6 is 11.3 Å². The first kappa shape index (κ1) is 46.2. The number of β-amino-alcohol motifs (C(OH)–C–C–N with tert-alkyl or cyclic N) is 1. The van der Waals surface area contributed by atoms with E-state index in [9.17, 15) is 29.1 Å². The third-order valence-corrected chi connectivity index (χ3v) is 12.3. The van der Waals surface area contributed by atoms with Crippen LogP contribution in [0.2, 0.25) is 0 Å². The Bertz CT molecular complexity index is 1910. The summed E-state index contributed by atoms with van der Waals surface area (Å²) in [6.07, 6.45) is 3.82. The second-order valence-corrected chi connectivity index (χ2v) is 17.9. The standard InChI is InChI=1S/C45H64N8O6S/c1-7-22-47-50-42(57)34-18-20-35(21-19-34)51-23-25-52(26-24-51)39(56)13-11-9-8-10-12-38(55)49-41(45(4,5)6)44(59)53-28-36(54)27-37(53)43(58)48-30(2)32-14-16-33(17-15-32)40-31(3)46-29-60-40/h14-21,29-30,36-37,41,47,54H,7-13,22-28H2,1-6H3,(H,48,58)(H,49,55)(H,50,57)/t30-,36+,37-,41+/m0/s1. The number of aliphatic hydroxyl groups is 1. The molecule has 2 aromatic carbocycles. The van der Waals surface area contributed by atoms with Crippen LogP contribution < -0.4 is 26.4 Å². The van der Waals surface area contributed by atoms with Crippen LogP contribution in [-0.2, 0) is 19.2 Å². The fourth-order valence-electron chi connectivity index (χ4n) is 7.70. The van der Waals surface area contributed by atoms with Gasteiger partial charge in [-0.25, -0.2) is 10.4 Å². The van der Waals surface area contributed by atoms with Crippen LogP contribution in [0.3, 0.4) is 0 Å². The topological polar surface area (TPSA) is 176 Å². The van der Waals surface area contributed by atoms with Gasteiger partial charge in [-0.2, -0.15) is 0 Å². The van der Waals surface area contributed by atoms with Gasteiger partial charge in [0.15, 0.2) is 0 Å². The first-order valence-electron chi connectivity index (χ1n) is 21.4. The molecule has 0 radical (unpaired) electrons. The molecule has 4 atom stereocenters. The molecule has 0 spiro atoms. The fraction of sp³-hybridized carbons (Fsp3) is 0.556. The maximum absolute atomic E-state index is 14.1. The highest BCUT2D eigenvalue weighted by molar-refractivity contribution is 7.13. The van der Waals surface area contributed by atoms with Gasteiger partial charge in [0.05, 0.1) is 28.2 Å². The molecule has 5 N–H and O–H groups in total. The van der Waals surface area contributed by atoms with Gasteiger partial charge in [0.2, 0.25) is 23.6 Å². The highest BCUT2D eigenvalue weighted by atomic mass is 32.1. The van der Waals surface area contributed by atoms with Crippen molar-refractivity contribution in [3.8, 4) is 10.4 Å². The quantitative estimate of drug-likeness (QED) is 0.0860. The molecule has 0 bridgehead atoms. The summed E-state index contributed by atoms with van der Waals surface area (Å²) in [6.45, 7) is 15.0. The summed E-state index contributed by atoms with van der Waals surface area (Å²) in [5.74, 6) is -1.01. The number of likely N-dealkylation sites (tertiary alicyclic amines) is 1. The Morgan fingerprint density at radius 2 is 1.57 bits per heavy atom. The van der Waals surface area contributed by atoms with Crippen LogP contribution in [0.5, 0.6) is 0 Å². The van der Waals surface area contributed by atoms with Gasteiger partial charge in [0.25, 0.3) is 5.91 Å². The zero-order chi connectivity index (χ0) is 43.4. The van der Waals surface area contributed by atoms with Crippen molar-refractivity contribution >= 4 is 46.6 Å². The number of carbonyl (C=O) groups is 5. The number of nitrogens with zero attached hydrogens (tertiary/aromatic N) is 4. The lowest BCUT2D eigenvalue weighted by Crippen LogP contribution is -2.57. The fourth-order valence-corrected chi connectivity index (χ4v) is 8.51. The van der Waals surface area contributed by atoms with E-state index in [-0.39, 0.29) is 55.0 Å². The molecule has 326 valence electrons. The van der Waals surface area contributed by atoms with Gasteiger partial charge in [-0.3, -0.25) is 29.4 Å². The minimum absolute atomic E-state index is 0.0116. The van der Waals surface area contributed by atoms with E-state index in [2.05, 4.69) is 31.4 Å². The summed E-state index contributed by atoms with van der Waals surface area (Å²) >= 11 is 1.58. The van der Waals surface area contributed by atoms with E-state index in [0.717, 1.165) is 66.2 Å². The first-order chi connectivity index (χ1) is 28.7. The molecule has 0 aliphatic carbocycles. The SMILES string of the molecule is CCCNNC(=O)c1ccc(N2CCN(C(=O)CCCCCCC(=O)N[C@H](C(=O)N3C[C@H](O)C[C@H]3C(=O)N[C@@H](C)c3ccc(-c4scnc4C)cc3)C(C)(C)C)CC2)cc1. The molecule has 5 amide bonds. The average molecular weight is 845 g/mol. The number of unbranched alkanes of at least 4 members (excludes halogenated alkanes) is 3. The molecule has 14 nitrogen and oxygen atoms in total. The number of thiazole rings is 1. The second kappa shape index (κ2) is 21.6. The smallest absolute Gasteiger partial charge is 0.265 e. The van der Waals surface area contributed by atoms with Crippen LogP contribution in [0, 0.1) is 12.3 Å². The van der Waals surface area contributed by atoms with Crippen molar-refractivity contribution in [1.82, 2.24) is 36.3 Å². The average Bonchev–Trinajstić information content (AvgIpc) is 3.85. The number of anilines is 1. The lowest BCUT2D eigenvalue weighted by Gasteiger charge is -2.36. The number of aromatic nitrogens is 1. The molecule has 2 aliphatic rings. The zero-order valence-electron chi connectivity index (χ0n) is 36.1. The summed E-state index contributed by atoms with van der Waals surface area (Å²) < 4.78 is 0. The molecule has 3 aromatic rings. The second-order valence-electron chi connectivity index (χ2n) is 17.1. The van der Waals surface area contributed by atoms with Crippen molar-refractivity contribution in [3.05, 3.63) is 70.9 Å². The summed E-state index contributed by atoms with van der Waals surface area (Å²) in [7, 11) is 0. The molecule has 15 heteroatoms. The number of rotatable bonds is 18. The highest BCUT2D eigenvalue weighted by Crippen LogP contribution is 2.30. The van der Waals surface area contributed by atoms with E-state index >= 15 is 0 Å². The van der Waals surface area contributed by atoms with E-state index in [1.54, 1.807) is 11.3 Å². The van der Waals surface area contributed by atoms with Crippen molar-refractivity contribution in [2.24, 2.45) is 5.41 Å². The molecule has 3 heterocycles. The van der Waals surface area contributed by atoms with Crippen molar-refractivity contribution in [2.75, 3.05) is 44.2 Å². The summed E-state index contributed by atoms with van der Waals surface area (Å²) in [5.41, 5.74) is 11.3. The van der Waals surface area contributed by atoms with Gasteiger partial charge < -0.3 is 30.4 Å². The predicted octanol–water partition coefficient (Wildman–Crippen LogP) is 5.12. The van der Waals surface area contributed by atoms with E-state index in [1.807, 2.05) is 100 Å². The highest BCUT2D eigenvalue weighted by Gasteiger charge is 2.44. The van der Waals surface area contributed by atoms with Crippen LogP contribution in [0.4, 0.5) is 5.69 Å². The lowest BCUT2D eigenvalue weighted by atomic mass is 9.85. The Kier molecular flexibility index (Phi) is 16.6. The number of hydrazine groups is 1. The van der Waals surface area contributed by atoms with Crippen LogP contribution in [0.1, 0.15) is 114 Å². The number of aryl methyl sites for hydroxylation is 1. The number of benzene rings is 2. The van der Waals surface area contributed by atoms with E-state index in [1.165, 1.54) is 4.90 Å². The van der Waals surface area contributed by atoms with Crippen LogP contribution in [0.15, 0.2) is 54.0 Å². The predicted molar refractivity (Wildman–Crippen MR) is 235 cm³/mol. The number of nitrogens with one attached hydrogen (secondary N) is 4. The Labute approximate surface area is 358 Å². The van der Waals surface area contributed by atoms with Crippen molar-refractivity contribution in [1.29, 1.82) is 0 Å². The van der Waals surface area contributed by atoms with Gasteiger partial charge in [-0.15, -0.1) is 11.3 Å². The summed E-state index contributed by atoms with van der Waals surface area (Å²) in [6, 6.07) is 13.4. The number of aliphatic hydroxyl groups excluding tert-OH is 1. The number of hydrogen-bond acceptors (Lipinski definition) is 10. The maximum atomic E-state index is 14.1. The summed E-state index contributed by atoms with van der Waals surface area (Å²) in [4.78, 5) is 77.1. The van der Waals surface area contributed by atoms with E-state index < -0.39 is 23.6 Å².